The standard InChI is InChI=1S/C22H28FN7O/c1-3-30-11-10-13-16(7-5-8-17(13)30)27-21-14(20(25)31)12-26-22(28-21)29(2)18-9-4-6-15(23)19(18)24/h5,7-8,10-12,15,18-19H,3-4,6,9,24H2,1-2H3,(H2,25,31)(H,26,27,28). The highest BCUT2D eigenvalue weighted by Gasteiger charge is 2.34. The van der Waals surface area contributed by atoms with E-state index in [4.69, 9.17) is 11.5 Å². The molecular weight excluding hydrogens is 397 g/mol. The van der Waals surface area contributed by atoms with Crippen molar-refractivity contribution in [3.8, 4) is 0 Å². The van der Waals surface area contributed by atoms with Gasteiger partial charge in [0.2, 0.25) is 5.95 Å². The first kappa shape index (κ1) is 21.0. The summed E-state index contributed by atoms with van der Waals surface area (Å²) in [4.78, 5) is 22.7. The van der Waals surface area contributed by atoms with Crippen LogP contribution in [-0.4, -0.2) is 45.7 Å². The first-order valence-electron chi connectivity index (χ1n) is 10.5. The average Bonchev–Trinajstić information content (AvgIpc) is 3.19. The van der Waals surface area contributed by atoms with Crippen molar-refractivity contribution in [3.63, 3.8) is 0 Å². The SMILES string of the molecule is CCn1ccc2c(Nc3nc(N(C)C4CCCC(F)C4N)ncc3C(N)=O)cccc21. The Labute approximate surface area is 180 Å². The molecule has 0 bridgehead atoms. The minimum absolute atomic E-state index is 0.181. The summed E-state index contributed by atoms with van der Waals surface area (Å²) in [6.45, 7) is 2.92. The van der Waals surface area contributed by atoms with E-state index in [1.807, 2.05) is 30.5 Å². The lowest BCUT2D eigenvalue weighted by Crippen LogP contribution is -2.54. The smallest absolute Gasteiger partial charge is 0.254 e. The number of benzene rings is 1. The van der Waals surface area contributed by atoms with Crippen LogP contribution in [0.4, 0.5) is 21.8 Å². The first-order chi connectivity index (χ1) is 14.9. The van der Waals surface area contributed by atoms with Gasteiger partial charge in [-0.1, -0.05) is 6.07 Å². The second-order valence-electron chi connectivity index (χ2n) is 7.96. The second-order valence-corrected chi connectivity index (χ2v) is 7.96. The van der Waals surface area contributed by atoms with E-state index in [2.05, 4.69) is 26.8 Å². The van der Waals surface area contributed by atoms with Crippen LogP contribution in [0.5, 0.6) is 0 Å². The molecule has 1 aliphatic carbocycles. The Kier molecular flexibility index (Phi) is 5.77. The van der Waals surface area contributed by atoms with Crippen molar-refractivity contribution in [1.82, 2.24) is 14.5 Å². The topological polar surface area (TPSA) is 115 Å². The molecule has 3 unspecified atom stereocenters. The van der Waals surface area contributed by atoms with Crippen molar-refractivity contribution >= 4 is 34.3 Å². The lowest BCUT2D eigenvalue weighted by atomic mass is 9.88. The molecule has 5 N–H and O–H groups in total. The number of halogens is 1. The Morgan fingerprint density at radius 3 is 2.90 bits per heavy atom. The Morgan fingerprint density at radius 2 is 2.16 bits per heavy atom. The number of nitrogens with two attached hydrogens (primary N) is 2. The number of amides is 1. The maximum absolute atomic E-state index is 14.2. The van der Waals surface area contributed by atoms with E-state index in [1.165, 1.54) is 6.20 Å². The summed E-state index contributed by atoms with van der Waals surface area (Å²) in [5, 5.41) is 4.26. The number of alkyl halides is 1. The van der Waals surface area contributed by atoms with Crippen molar-refractivity contribution in [2.24, 2.45) is 11.5 Å². The van der Waals surface area contributed by atoms with E-state index in [1.54, 1.807) is 11.9 Å². The summed E-state index contributed by atoms with van der Waals surface area (Å²) in [6.07, 6.45) is 4.35. The van der Waals surface area contributed by atoms with Crippen LogP contribution < -0.4 is 21.7 Å². The molecule has 1 amide bonds. The fraction of sp³-hybridized carbons (Fsp3) is 0.409. The van der Waals surface area contributed by atoms with Crippen molar-refractivity contribution in [3.05, 3.63) is 42.2 Å². The minimum Gasteiger partial charge on any atom is -0.365 e. The molecule has 1 aromatic carbocycles. The van der Waals surface area contributed by atoms with Crippen LogP contribution in [0.2, 0.25) is 0 Å². The molecule has 1 saturated carbocycles. The number of aryl methyl sites for hydroxylation is 1. The number of hydrogen-bond donors (Lipinski definition) is 3. The molecule has 0 spiro atoms. The first-order valence-corrected chi connectivity index (χ1v) is 10.5. The molecule has 1 fully saturated rings. The van der Waals surface area contributed by atoms with E-state index < -0.39 is 18.1 Å². The maximum atomic E-state index is 14.2. The van der Waals surface area contributed by atoms with E-state index in [0.717, 1.165) is 36.0 Å². The number of nitrogens with zero attached hydrogens (tertiary/aromatic N) is 4. The average molecular weight is 426 g/mol. The van der Waals surface area contributed by atoms with Crippen molar-refractivity contribution in [1.29, 1.82) is 0 Å². The number of rotatable bonds is 6. The summed E-state index contributed by atoms with van der Waals surface area (Å²) in [6, 6.07) is 7.08. The number of fused-ring (bicyclic) bond motifs is 1. The van der Waals surface area contributed by atoms with Crippen molar-refractivity contribution in [2.45, 2.75) is 51.0 Å². The van der Waals surface area contributed by atoms with Crippen LogP contribution in [0.1, 0.15) is 36.5 Å². The zero-order chi connectivity index (χ0) is 22.1. The fourth-order valence-electron chi connectivity index (χ4n) is 4.30. The minimum atomic E-state index is -1.05. The normalized spacial score (nSPS) is 21.2. The molecule has 9 heteroatoms. The third kappa shape index (κ3) is 3.93. The van der Waals surface area contributed by atoms with Gasteiger partial charge < -0.3 is 26.3 Å². The summed E-state index contributed by atoms with van der Waals surface area (Å²) in [5.41, 5.74) is 13.7. The Balaban J connectivity index is 1.70. The highest BCUT2D eigenvalue weighted by atomic mass is 19.1. The third-order valence-electron chi connectivity index (χ3n) is 6.10. The Bertz CT molecular complexity index is 1100. The molecule has 2 aromatic heterocycles. The molecule has 4 rings (SSSR count). The second kappa shape index (κ2) is 8.50. The monoisotopic (exact) mass is 425 g/mol. The molecule has 1 aliphatic rings. The van der Waals surface area contributed by atoms with Gasteiger partial charge in [-0.05, 0) is 44.4 Å². The predicted molar refractivity (Wildman–Crippen MR) is 120 cm³/mol. The quantitative estimate of drug-likeness (QED) is 0.559. The number of anilines is 3. The number of aromatic nitrogens is 3. The van der Waals surface area contributed by atoms with Gasteiger partial charge in [-0.3, -0.25) is 4.79 Å². The Hall–Kier alpha value is -3.20. The van der Waals surface area contributed by atoms with Crippen LogP contribution in [0.15, 0.2) is 36.7 Å². The van der Waals surface area contributed by atoms with Gasteiger partial charge in [0.1, 0.15) is 17.6 Å². The van der Waals surface area contributed by atoms with Crippen LogP contribution in [0, 0.1) is 0 Å². The highest BCUT2D eigenvalue weighted by molar-refractivity contribution is 6.00. The molecule has 8 nitrogen and oxygen atoms in total. The number of carbonyl (C=O) groups excluding carboxylic acids is 1. The molecule has 0 saturated heterocycles. The van der Waals surface area contributed by atoms with Crippen molar-refractivity contribution < 1.29 is 9.18 Å². The molecular formula is C22H28FN7O. The largest absolute Gasteiger partial charge is 0.365 e. The van der Waals surface area contributed by atoms with Gasteiger partial charge in [-0.2, -0.15) is 4.98 Å². The summed E-state index contributed by atoms with van der Waals surface area (Å²) < 4.78 is 16.3. The van der Waals surface area contributed by atoms with Crippen LogP contribution >= 0.6 is 0 Å². The van der Waals surface area contributed by atoms with E-state index in [9.17, 15) is 9.18 Å². The lowest BCUT2D eigenvalue weighted by Gasteiger charge is -2.37. The molecule has 31 heavy (non-hydrogen) atoms. The van der Waals surface area contributed by atoms with Crippen LogP contribution in [-0.2, 0) is 6.54 Å². The Morgan fingerprint density at radius 1 is 1.35 bits per heavy atom. The van der Waals surface area contributed by atoms with Gasteiger partial charge in [-0.25, -0.2) is 9.37 Å². The molecule has 3 atom stereocenters. The van der Waals surface area contributed by atoms with E-state index in [0.29, 0.717) is 18.2 Å². The molecule has 0 aliphatic heterocycles. The summed E-state index contributed by atoms with van der Waals surface area (Å²) >= 11 is 0. The van der Waals surface area contributed by atoms with Gasteiger partial charge in [0.25, 0.3) is 5.91 Å². The summed E-state index contributed by atoms with van der Waals surface area (Å²) in [7, 11) is 1.80. The third-order valence-corrected chi connectivity index (χ3v) is 6.10. The molecule has 2 heterocycles. The number of carbonyl (C=O) groups is 1. The lowest BCUT2D eigenvalue weighted by molar-refractivity contribution is 0.100. The van der Waals surface area contributed by atoms with Gasteiger partial charge in [0.05, 0.1) is 11.6 Å². The molecule has 3 aromatic rings. The number of primary amides is 1. The number of nitrogens with one attached hydrogen (secondary N) is 1. The fourth-order valence-corrected chi connectivity index (χ4v) is 4.30. The van der Waals surface area contributed by atoms with Gasteiger partial charge in [0.15, 0.2) is 0 Å². The zero-order valence-electron chi connectivity index (χ0n) is 17.8. The molecule has 164 valence electrons. The van der Waals surface area contributed by atoms with Crippen molar-refractivity contribution in [2.75, 3.05) is 17.3 Å². The van der Waals surface area contributed by atoms with Gasteiger partial charge in [0, 0.05) is 43.1 Å². The predicted octanol–water partition coefficient (Wildman–Crippen LogP) is 2.95. The van der Waals surface area contributed by atoms with Gasteiger partial charge in [-0.15, -0.1) is 0 Å². The zero-order valence-corrected chi connectivity index (χ0v) is 17.8. The van der Waals surface area contributed by atoms with Crippen LogP contribution in [0.25, 0.3) is 10.9 Å². The summed E-state index contributed by atoms with van der Waals surface area (Å²) in [5.74, 6) is 0.0378. The highest BCUT2D eigenvalue weighted by Crippen LogP contribution is 2.30. The maximum Gasteiger partial charge on any atom is 0.254 e. The number of likely N-dealkylation sites (N-methyl/N-ethyl adjacent to an activating group) is 1. The van der Waals surface area contributed by atoms with E-state index >= 15 is 0 Å². The molecule has 0 radical (unpaired) electrons. The van der Waals surface area contributed by atoms with E-state index in [-0.39, 0.29) is 11.6 Å². The van der Waals surface area contributed by atoms with Gasteiger partial charge >= 0.3 is 0 Å². The number of hydrogen-bond acceptors (Lipinski definition) is 6. The van der Waals surface area contributed by atoms with Crippen LogP contribution in [0.3, 0.4) is 0 Å².